The van der Waals surface area contributed by atoms with E-state index in [1.54, 1.807) is 31.4 Å². The molecule has 4 nitrogen and oxygen atoms in total. The fourth-order valence-electron chi connectivity index (χ4n) is 1.58. The molecule has 0 aliphatic carbocycles. The highest BCUT2D eigenvalue weighted by atomic mass is 79.9. The molecule has 0 aliphatic rings. The molecule has 0 bridgehead atoms. The van der Waals surface area contributed by atoms with Gasteiger partial charge in [0.1, 0.15) is 12.4 Å². The third-order valence-corrected chi connectivity index (χ3v) is 4.45. The predicted octanol–water partition coefficient (Wildman–Crippen LogP) is 4.44. The molecular formula is C14H13BrClNO3S. The van der Waals surface area contributed by atoms with Crippen molar-refractivity contribution in [2.24, 2.45) is 0 Å². The summed E-state index contributed by atoms with van der Waals surface area (Å²) in [6, 6.07) is 6.85. The van der Waals surface area contributed by atoms with Gasteiger partial charge < -0.3 is 14.8 Å². The van der Waals surface area contributed by atoms with Crippen molar-refractivity contribution in [2.75, 3.05) is 25.6 Å². The second-order valence-electron chi connectivity index (χ2n) is 4.07. The number of carbonyl (C=O) groups excluding carboxylic acids is 1. The Hall–Kier alpha value is -1.08. The second-order valence-corrected chi connectivity index (χ2v) is 6.33. The van der Waals surface area contributed by atoms with Crippen LogP contribution in [0.3, 0.4) is 0 Å². The third-order valence-electron chi connectivity index (χ3n) is 2.53. The number of hydrogen-bond donors (Lipinski definition) is 1. The van der Waals surface area contributed by atoms with Crippen LogP contribution in [0.15, 0.2) is 34.1 Å². The number of benzene rings is 1. The molecule has 1 N–H and O–H groups in total. The minimum atomic E-state index is -0.204. The fraction of sp³-hybridized carbons (Fsp3) is 0.214. The van der Waals surface area contributed by atoms with Crippen LogP contribution in [0.2, 0.25) is 5.02 Å². The van der Waals surface area contributed by atoms with Gasteiger partial charge in [0.15, 0.2) is 0 Å². The largest absolute Gasteiger partial charge is 0.489 e. The van der Waals surface area contributed by atoms with Crippen LogP contribution >= 0.6 is 38.9 Å². The lowest BCUT2D eigenvalue weighted by Crippen LogP contribution is -2.12. The third kappa shape index (κ3) is 4.71. The van der Waals surface area contributed by atoms with E-state index in [1.807, 2.05) is 5.38 Å². The minimum Gasteiger partial charge on any atom is -0.489 e. The zero-order valence-corrected chi connectivity index (χ0v) is 14.3. The number of amides is 1. The number of anilines is 1. The van der Waals surface area contributed by atoms with Gasteiger partial charge in [0.05, 0.1) is 17.2 Å². The van der Waals surface area contributed by atoms with E-state index >= 15 is 0 Å². The summed E-state index contributed by atoms with van der Waals surface area (Å²) in [4.78, 5) is 12.8. The molecule has 1 heterocycles. The maximum absolute atomic E-state index is 12.2. The molecule has 0 saturated carbocycles. The molecule has 2 aromatic rings. The fourth-order valence-corrected chi connectivity index (χ4v) is 3.07. The summed E-state index contributed by atoms with van der Waals surface area (Å²) >= 11 is 10.7. The molecule has 0 spiro atoms. The lowest BCUT2D eigenvalue weighted by atomic mass is 10.3. The smallest absolute Gasteiger partial charge is 0.265 e. The monoisotopic (exact) mass is 389 g/mol. The Morgan fingerprint density at radius 1 is 1.38 bits per heavy atom. The van der Waals surface area contributed by atoms with Gasteiger partial charge in [-0.05, 0) is 40.2 Å². The molecule has 0 unspecified atom stereocenters. The average Bonchev–Trinajstić information content (AvgIpc) is 2.88. The van der Waals surface area contributed by atoms with Crippen LogP contribution in [0.1, 0.15) is 9.67 Å². The first-order valence-electron chi connectivity index (χ1n) is 6.07. The van der Waals surface area contributed by atoms with Gasteiger partial charge in [-0.15, -0.1) is 11.3 Å². The summed E-state index contributed by atoms with van der Waals surface area (Å²) in [5.41, 5.74) is 0.535. The maximum Gasteiger partial charge on any atom is 0.265 e. The molecule has 2 rings (SSSR count). The second kappa shape index (κ2) is 7.79. The van der Waals surface area contributed by atoms with E-state index in [0.29, 0.717) is 34.6 Å². The van der Waals surface area contributed by atoms with Crippen molar-refractivity contribution in [1.82, 2.24) is 0 Å². The highest BCUT2D eigenvalue weighted by molar-refractivity contribution is 9.10. The number of hydrogen-bond acceptors (Lipinski definition) is 4. The average molecular weight is 391 g/mol. The van der Waals surface area contributed by atoms with Crippen LogP contribution in [0.25, 0.3) is 0 Å². The quantitative estimate of drug-likeness (QED) is 0.742. The Labute approximate surface area is 140 Å². The minimum absolute atomic E-state index is 0.204. The van der Waals surface area contributed by atoms with Gasteiger partial charge in [0, 0.05) is 22.0 Å². The number of carbonyl (C=O) groups is 1. The summed E-state index contributed by atoms with van der Waals surface area (Å²) in [5, 5.41) is 5.18. The van der Waals surface area contributed by atoms with Crippen molar-refractivity contribution in [1.29, 1.82) is 0 Å². The van der Waals surface area contributed by atoms with Crippen LogP contribution in [0.4, 0.5) is 5.69 Å². The molecule has 1 aromatic heterocycles. The topological polar surface area (TPSA) is 47.6 Å². The molecule has 0 fully saturated rings. The summed E-state index contributed by atoms with van der Waals surface area (Å²) in [7, 11) is 1.60. The standard InChI is InChI=1S/C14H13BrClNO3S/c1-19-4-5-20-12-3-2-10(16)7-11(12)17-14(18)13-6-9(15)8-21-13/h2-3,6-8H,4-5H2,1H3,(H,17,18). The zero-order chi connectivity index (χ0) is 15.2. The summed E-state index contributed by atoms with van der Waals surface area (Å²) in [6.07, 6.45) is 0. The summed E-state index contributed by atoms with van der Waals surface area (Å²) in [6.45, 7) is 0.861. The van der Waals surface area contributed by atoms with Crippen LogP contribution in [-0.2, 0) is 4.74 Å². The van der Waals surface area contributed by atoms with Crippen LogP contribution in [-0.4, -0.2) is 26.2 Å². The molecule has 0 saturated heterocycles. The van der Waals surface area contributed by atoms with Gasteiger partial charge >= 0.3 is 0 Å². The number of halogens is 2. The summed E-state index contributed by atoms with van der Waals surface area (Å²) in [5.74, 6) is 0.352. The molecular weight excluding hydrogens is 378 g/mol. The summed E-state index contributed by atoms with van der Waals surface area (Å²) < 4.78 is 11.4. The van der Waals surface area contributed by atoms with Gasteiger partial charge in [-0.2, -0.15) is 0 Å². The van der Waals surface area contributed by atoms with E-state index in [0.717, 1.165) is 4.47 Å². The van der Waals surface area contributed by atoms with Gasteiger partial charge in [0.2, 0.25) is 0 Å². The van der Waals surface area contributed by atoms with E-state index in [9.17, 15) is 4.79 Å². The van der Waals surface area contributed by atoms with Crippen molar-refractivity contribution >= 4 is 50.5 Å². The number of nitrogens with one attached hydrogen (secondary N) is 1. The van der Waals surface area contributed by atoms with Crippen molar-refractivity contribution in [3.63, 3.8) is 0 Å². The predicted molar refractivity (Wildman–Crippen MR) is 88.8 cm³/mol. The molecule has 112 valence electrons. The van der Waals surface area contributed by atoms with E-state index in [2.05, 4.69) is 21.2 Å². The number of thiophene rings is 1. The van der Waals surface area contributed by atoms with Gasteiger partial charge in [-0.25, -0.2) is 0 Å². The first-order chi connectivity index (χ1) is 10.1. The van der Waals surface area contributed by atoms with Crippen molar-refractivity contribution < 1.29 is 14.3 Å². The lowest BCUT2D eigenvalue weighted by Gasteiger charge is -2.12. The Kier molecular flexibility index (Phi) is 6.05. The molecule has 1 aromatic carbocycles. The van der Waals surface area contributed by atoms with Crippen molar-refractivity contribution in [3.05, 3.63) is 44.0 Å². The Morgan fingerprint density at radius 3 is 2.86 bits per heavy atom. The molecule has 7 heteroatoms. The van der Waals surface area contributed by atoms with E-state index < -0.39 is 0 Å². The van der Waals surface area contributed by atoms with Gasteiger partial charge in [-0.3, -0.25) is 4.79 Å². The Morgan fingerprint density at radius 2 is 2.19 bits per heavy atom. The number of rotatable bonds is 6. The van der Waals surface area contributed by atoms with E-state index in [-0.39, 0.29) is 5.91 Å². The normalized spacial score (nSPS) is 10.4. The van der Waals surface area contributed by atoms with Crippen molar-refractivity contribution in [3.8, 4) is 5.75 Å². The van der Waals surface area contributed by atoms with E-state index in [4.69, 9.17) is 21.1 Å². The Balaban J connectivity index is 2.13. The maximum atomic E-state index is 12.2. The molecule has 1 amide bonds. The number of ether oxygens (including phenoxy) is 2. The highest BCUT2D eigenvalue weighted by Crippen LogP contribution is 2.29. The SMILES string of the molecule is COCCOc1ccc(Cl)cc1NC(=O)c1cc(Br)cs1. The van der Waals surface area contributed by atoms with Gasteiger partial charge in [-0.1, -0.05) is 11.6 Å². The molecule has 0 atom stereocenters. The van der Waals surface area contributed by atoms with Crippen LogP contribution in [0.5, 0.6) is 5.75 Å². The zero-order valence-electron chi connectivity index (χ0n) is 11.2. The van der Waals surface area contributed by atoms with Crippen molar-refractivity contribution in [2.45, 2.75) is 0 Å². The molecule has 21 heavy (non-hydrogen) atoms. The van der Waals surface area contributed by atoms with Crippen LogP contribution < -0.4 is 10.1 Å². The molecule has 0 aliphatic heterocycles. The Bertz CT molecular complexity index is 632. The van der Waals surface area contributed by atoms with E-state index in [1.165, 1.54) is 11.3 Å². The van der Waals surface area contributed by atoms with Gasteiger partial charge in [0.25, 0.3) is 5.91 Å². The highest BCUT2D eigenvalue weighted by Gasteiger charge is 2.12. The molecule has 0 radical (unpaired) electrons. The van der Waals surface area contributed by atoms with Crippen LogP contribution in [0, 0.1) is 0 Å². The number of methoxy groups -OCH3 is 1. The lowest BCUT2D eigenvalue weighted by molar-refractivity contribution is 0.102. The first kappa shape index (κ1) is 16.3. The first-order valence-corrected chi connectivity index (χ1v) is 8.12.